The zero-order chi connectivity index (χ0) is 18.0. The van der Waals surface area contributed by atoms with Gasteiger partial charge in [0.25, 0.3) is 0 Å². The molecule has 1 saturated heterocycles. The number of fused-ring (bicyclic) bond motifs is 1. The molecule has 1 N–H and O–H groups in total. The lowest BCUT2D eigenvalue weighted by atomic mass is 9.39. The van der Waals surface area contributed by atoms with Gasteiger partial charge in [-0.3, -0.25) is 4.79 Å². The molecule has 0 spiro atoms. The molecule has 4 fully saturated rings. The summed E-state index contributed by atoms with van der Waals surface area (Å²) in [7, 11) is 5.67. The standard InChI is InChI=1S/C20H33NO4/c1-12-14(22)7-8-20(23)16-11-13-5-6-15(24-3)18(25-4)17(13)19(12,20)9-10-21(16)2/h12-13,15-18,23H,5-11H2,1-4H3/t12-,13?,15?,16?,17?,18?,19-,20-/m1/s1. The number of methoxy groups -OCH3 is 2. The van der Waals surface area contributed by atoms with Crippen molar-refractivity contribution in [2.24, 2.45) is 23.2 Å². The number of ether oxygens (including phenoxy) is 2. The lowest BCUT2D eigenvalue weighted by Gasteiger charge is -2.71. The van der Waals surface area contributed by atoms with Crippen molar-refractivity contribution < 1.29 is 19.4 Å². The Morgan fingerprint density at radius 2 is 1.96 bits per heavy atom. The van der Waals surface area contributed by atoms with E-state index >= 15 is 0 Å². The molecule has 0 aromatic carbocycles. The Kier molecular flexibility index (Phi) is 4.31. The average molecular weight is 351 g/mol. The fourth-order valence-corrected chi connectivity index (χ4v) is 7.37. The summed E-state index contributed by atoms with van der Waals surface area (Å²) in [5, 5.41) is 12.0. The molecule has 1 heterocycles. The zero-order valence-electron chi connectivity index (χ0n) is 16.0. The smallest absolute Gasteiger partial charge is 0.136 e. The van der Waals surface area contributed by atoms with Gasteiger partial charge in [-0.2, -0.15) is 0 Å². The first-order valence-electron chi connectivity index (χ1n) is 9.91. The maximum atomic E-state index is 12.8. The molecule has 8 atom stereocenters. The minimum atomic E-state index is -0.791. The van der Waals surface area contributed by atoms with Crippen molar-refractivity contribution in [2.45, 2.75) is 69.3 Å². The highest BCUT2D eigenvalue weighted by molar-refractivity contribution is 5.83. The van der Waals surface area contributed by atoms with Crippen molar-refractivity contribution in [3.63, 3.8) is 0 Å². The molecule has 0 aromatic rings. The fraction of sp³-hybridized carbons (Fsp3) is 0.950. The van der Waals surface area contributed by atoms with Crippen LogP contribution in [0.5, 0.6) is 0 Å². The number of likely N-dealkylation sites (tertiary alicyclic amines) is 1. The number of nitrogens with zero attached hydrogens (tertiary/aromatic N) is 1. The molecule has 0 aromatic heterocycles. The third kappa shape index (κ3) is 2.13. The number of carbonyl (C=O) groups is 1. The van der Waals surface area contributed by atoms with E-state index in [1.54, 1.807) is 14.2 Å². The van der Waals surface area contributed by atoms with Gasteiger partial charge in [0.05, 0.1) is 17.8 Å². The van der Waals surface area contributed by atoms with E-state index in [0.717, 1.165) is 32.2 Å². The Balaban J connectivity index is 1.87. The molecule has 3 aliphatic carbocycles. The van der Waals surface area contributed by atoms with Crippen molar-refractivity contribution in [3.05, 3.63) is 0 Å². The first kappa shape index (κ1) is 17.9. The lowest BCUT2D eigenvalue weighted by molar-refractivity contribution is -0.291. The normalized spacial score (nSPS) is 53.2. The summed E-state index contributed by atoms with van der Waals surface area (Å²) in [6.07, 6.45) is 5.13. The van der Waals surface area contributed by atoms with E-state index in [0.29, 0.717) is 24.5 Å². The molecule has 4 aliphatic rings. The van der Waals surface area contributed by atoms with Crippen LogP contribution >= 0.6 is 0 Å². The van der Waals surface area contributed by atoms with E-state index in [1.165, 1.54) is 0 Å². The summed E-state index contributed by atoms with van der Waals surface area (Å²) in [6, 6.07) is 0.162. The first-order valence-corrected chi connectivity index (χ1v) is 9.91. The Morgan fingerprint density at radius 3 is 2.64 bits per heavy atom. The molecule has 5 heteroatoms. The van der Waals surface area contributed by atoms with Crippen molar-refractivity contribution in [1.29, 1.82) is 0 Å². The molecule has 4 rings (SSSR count). The molecule has 3 saturated carbocycles. The number of rotatable bonds is 2. The number of likely N-dealkylation sites (N-methyl/N-ethyl adjacent to an activating group) is 1. The SMILES string of the molecule is COC1CCC2CC3N(C)CC[C@]4(C2C1OC)[C@H](C)C(=O)CC[C@@]34O. The van der Waals surface area contributed by atoms with Crippen LogP contribution < -0.4 is 0 Å². The fourth-order valence-electron chi connectivity index (χ4n) is 7.37. The molecule has 5 nitrogen and oxygen atoms in total. The van der Waals surface area contributed by atoms with Crippen LogP contribution in [0.4, 0.5) is 0 Å². The predicted molar refractivity (Wildman–Crippen MR) is 94.2 cm³/mol. The van der Waals surface area contributed by atoms with E-state index in [9.17, 15) is 9.90 Å². The predicted octanol–water partition coefficient (Wildman–Crippen LogP) is 1.87. The molecule has 0 radical (unpaired) electrons. The second-order valence-electron chi connectivity index (χ2n) is 8.97. The van der Waals surface area contributed by atoms with Gasteiger partial charge >= 0.3 is 0 Å². The molecule has 142 valence electrons. The molecule has 5 unspecified atom stereocenters. The number of aliphatic hydroxyl groups is 1. The molecule has 25 heavy (non-hydrogen) atoms. The minimum absolute atomic E-state index is 0.0343. The first-order chi connectivity index (χ1) is 11.9. The number of hydrogen-bond acceptors (Lipinski definition) is 5. The van der Waals surface area contributed by atoms with Crippen molar-refractivity contribution in [2.75, 3.05) is 27.8 Å². The van der Waals surface area contributed by atoms with Crippen LogP contribution in [-0.4, -0.2) is 67.5 Å². The third-order valence-corrected chi connectivity index (χ3v) is 8.52. The molecule has 2 bridgehead atoms. The van der Waals surface area contributed by atoms with Crippen LogP contribution in [0.25, 0.3) is 0 Å². The summed E-state index contributed by atoms with van der Waals surface area (Å²) in [5.74, 6) is 0.912. The Labute approximate surface area is 151 Å². The van der Waals surface area contributed by atoms with Gasteiger partial charge in [0.2, 0.25) is 0 Å². The minimum Gasteiger partial charge on any atom is -0.388 e. The molecular formula is C20H33NO4. The van der Waals surface area contributed by atoms with Gasteiger partial charge in [0.1, 0.15) is 5.78 Å². The summed E-state index contributed by atoms with van der Waals surface area (Å²) >= 11 is 0. The van der Waals surface area contributed by atoms with Gasteiger partial charge in [0, 0.05) is 38.0 Å². The van der Waals surface area contributed by atoms with Crippen molar-refractivity contribution in [3.8, 4) is 0 Å². The highest BCUT2D eigenvalue weighted by atomic mass is 16.5. The van der Waals surface area contributed by atoms with Crippen LogP contribution in [0.15, 0.2) is 0 Å². The summed E-state index contributed by atoms with van der Waals surface area (Å²) in [5.41, 5.74) is -1.17. The van der Waals surface area contributed by atoms with E-state index in [1.807, 2.05) is 0 Å². The van der Waals surface area contributed by atoms with E-state index < -0.39 is 5.60 Å². The van der Waals surface area contributed by atoms with Crippen molar-refractivity contribution in [1.82, 2.24) is 4.90 Å². The zero-order valence-corrected chi connectivity index (χ0v) is 16.0. The monoisotopic (exact) mass is 351 g/mol. The van der Waals surface area contributed by atoms with Crippen LogP contribution in [0, 0.1) is 23.2 Å². The van der Waals surface area contributed by atoms with Gasteiger partial charge in [-0.15, -0.1) is 0 Å². The highest BCUT2D eigenvalue weighted by Gasteiger charge is 2.72. The number of carbonyl (C=O) groups excluding carboxylic acids is 1. The lowest BCUT2D eigenvalue weighted by Crippen LogP contribution is -2.78. The van der Waals surface area contributed by atoms with Crippen LogP contribution in [0.2, 0.25) is 0 Å². The Bertz CT molecular complexity index is 554. The quantitative estimate of drug-likeness (QED) is 0.823. The van der Waals surface area contributed by atoms with Crippen LogP contribution in [0.1, 0.15) is 45.4 Å². The van der Waals surface area contributed by atoms with Gasteiger partial charge < -0.3 is 19.5 Å². The Morgan fingerprint density at radius 1 is 1.20 bits per heavy atom. The largest absolute Gasteiger partial charge is 0.388 e. The Hall–Kier alpha value is -0.490. The maximum Gasteiger partial charge on any atom is 0.136 e. The van der Waals surface area contributed by atoms with Gasteiger partial charge in [-0.05, 0) is 57.5 Å². The number of piperidine rings is 1. The second kappa shape index (κ2) is 6.01. The summed E-state index contributed by atoms with van der Waals surface area (Å²) in [4.78, 5) is 15.1. The summed E-state index contributed by atoms with van der Waals surface area (Å²) in [6.45, 7) is 3.02. The summed E-state index contributed by atoms with van der Waals surface area (Å²) < 4.78 is 11.8. The molecule has 0 amide bonds. The van der Waals surface area contributed by atoms with Gasteiger partial charge in [0.15, 0.2) is 0 Å². The van der Waals surface area contributed by atoms with E-state index in [2.05, 4.69) is 18.9 Å². The number of Topliss-reactive ketones (excluding diaryl/α,β-unsaturated/α-hetero) is 1. The van der Waals surface area contributed by atoms with Gasteiger partial charge in [-0.25, -0.2) is 0 Å². The average Bonchev–Trinajstić information content (AvgIpc) is 2.61. The van der Waals surface area contributed by atoms with Crippen LogP contribution in [-0.2, 0) is 14.3 Å². The van der Waals surface area contributed by atoms with Crippen molar-refractivity contribution >= 4 is 5.78 Å². The second-order valence-corrected chi connectivity index (χ2v) is 8.97. The van der Waals surface area contributed by atoms with Crippen LogP contribution in [0.3, 0.4) is 0 Å². The van der Waals surface area contributed by atoms with E-state index in [-0.39, 0.29) is 35.5 Å². The number of hydrogen-bond donors (Lipinski definition) is 1. The van der Waals surface area contributed by atoms with E-state index in [4.69, 9.17) is 9.47 Å². The number of ketones is 1. The topological polar surface area (TPSA) is 59.0 Å². The third-order valence-electron chi connectivity index (χ3n) is 8.52. The highest BCUT2D eigenvalue weighted by Crippen LogP contribution is 2.66. The molecule has 1 aliphatic heterocycles. The maximum absolute atomic E-state index is 12.8. The molecular weight excluding hydrogens is 318 g/mol. The van der Waals surface area contributed by atoms with Gasteiger partial charge in [-0.1, -0.05) is 6.92 Å².